The highest BCUT2D eigenvalue weighted by Gasteiger charge is 2.34. The number of hydrogen-bond donors (Lipinski definition) is 2. The fourth-order valence-corrected chi connectivity index (χ4v) is 6.00. The molecule has 0 saturated carbocycles. The van der Waals surface area contributed by atoms with Crippen LogP contribution in [-0.4, -0.2) is 56.6 Å². The van der Waals surface area contributed by atoms with Crippen LogP contribution < -0.4 is 15.5 Å². The fraction of sp³-hybridized carbons (Fsp3) is 0.222. The molecule has 1 atom stereocenters. The van der Waals surface area contributed by atoms with E-state index in [1.165, 1.54) is 22.3 Å². The van der Waals surface area contributed by atoms with Crippen LogP contribution in [0.4, 0.5) is 22.0 Å². The number of likely N-dealkylation sites (tertiary alicyclic amines) is 1. The van der Waals surface area contributed by atoms with Gasteiger partial charge in [-0.2, -0.15) is 5.10 Å². The van der Waals surface area contributed by atoms with Gasteiger partial charge in [0.25, 0.3) is 5.91 Å². The summed E-state index contributed by atoms with van der Waals surface area (Å²) in [7, 11) is 0. The van der Waals surface area contributed by atoms with Crippen molar-refractivity contribution in [1.82, 2.24) is 25.0 Å². The first-order valence-electron chi connectivity index (χ1n) is 12.3. The lowest BCUT2D eigenvalue weighted by Crippen LogP contribution is -2.49. The van der Waals surface area contributed by atoms with Crippen molar-refractivity contribution in [2.75, 3.05) is 23.3 Å². The van der Waals surface area contributed by atoms with Gasteiger partial charge in [0.2, 0.25) is 5.91 Å². The number of amides is 4. The van der Waals surface area contributed by atoms with Gasteiger partial charge in [0.05, 0.1) is 23.3 Å². The summed E-state index contributed by atoms with van der Waals surface area (Å²) in [5.41, 5.74) is 2.17. The van der Waals surface area contributed by atoms with Gasteiger partial charge >= 0.3 is 6.03 Å². The molecule has 3 aromatic heterocycles. The average Bonchev–Trinajstić information content (AvgIpc) is 3.54. The molecule has 1 fully saturated rings. The van der Waals surface area contributed by atoms with Gasteiger partial charge in [-0.3, -0.25) is 14.3 Å². The number of rotatable bonds is 6. The normalized spacial score (nSPS) is 16.8. The molecule has 0 aliphatic carbocycles. The summed E-state index contributed by atoms with van der Waals surface area (Å²) in [5.74, 6) is 0.0315. The summed E-state index contributed by atoms with van der Waals surface area (Å²) in [4.78, 5) is 47.4. The predicted octanol–water partition coefficient (Wildman–Crippen LogP) is 4.13. The number of pyridine rings is 1. The molecule has 0 radical (unpaired) electrons. The molecule has 2 aliphatic heterocycles. The van der Waals surface area contributed by atoms with Gasteiger partial charge in [0.15, 0.2) is 5.82 Å². The molecule has 6 rings (SSSR count). The molecule has 2 N–H and O–H groups in total. The zero-order valence-electron chi connectivity index (χ0n) is 20.5. The molecule has 5 heterocycles. The van der Waals surface area contributed by atoms with Crippen molar-refractivity contribution in [3.8, 4) is 0 Å². The van der Waals surface area contributed by atoms with E-state index in [1.807, 2.05) is 36.5 Å². The number of thiophene rings is 1. The Hall–Kier alpha value is -4.51. The molecule has 0 spiro atoms. The first-order chi connectivity index (χ1) is 18.5. The van der Waals surface area contributed by atoms with Crippen LogP contribution in [0.15, 0.2) is 67.5 Å². The van der Waals surface area contributed by atoms with Crippen LogP contribution in [-0.2, 0) is 11.3 Å². The van der Waals surface area contributed by atoms with Gasteiger partial charge in [-0.25, -0.2) is 14.7 Å². The summed E-state index contributed by atoms with van der Waals surface area (Å²) in [5, 5.41) is 11.3. The zero-order chi connectivity index (χ0) is 26.2. The number of nitrogens with one attached hydrogen (secondary N) is 2. The van der Waals surface area contributed by atoms with E-state index in [9.17, 15) is 14.4 Å². The van der Waals surface area contributed by atoms with Crippen LogP contribution in [0.3, 0.4) is 0 Å². The highest BCUT2D eigenvalue weighted by atomic mass is 32.1. The minimum absolute atomic E-state index is 0.145. The number of carbonyl (C=O) groups is 3. The quantitative estimate of drug-likeness (QED) is 0.366. The highest BCUT2D eigenvalue weighted by Crippen LogP contribution is 2.45. The SMILES string of the molecule is C=CC(=O)N1CCCC(NC(=O)c2sc3nccc4c3c2NC(=O)N4c2ccn(Cc3ccccc3)n2)C1. The van der Waals surface area contributed by atoms with Gasteiger partial charge < -0.3 is 15.5 Å². The number of aromatic nitrogens is 3. The van der Waals surface area contributed by atoms with Crippen LogP contribution >= 0.6 is 11.3 Å². The fourth-order valence-electron chi connectivity index (χ4n) is 4.98. The van der Waals surface area contributed by atoms with Crippen molar-refractivity contribution < 1.29 is 14.4 Å². The maximum atomic E-state index is 13.3. The molecule has 4 amide bonds. The molecule has 38 heavy (non-hydrogen) atoms. The summed E-state index contributed by atoms with van der Waals surface area (Å²) in [6, 6.07) is 12.9. The molecule has 2 aliphatic rings. The lowest BCUT2D eigenvalue weighted by molar-refractivity contribution is -0.127. The number of carbonyl (C=O) groups excluding carboxylic acids is 3. The smallest absolute Gasteiger partial charge is 0.332 e. The van der Waals surface area contributed by atoms with Crippen molar-refractivity contribution in [3.05, 3.63) is 78.0 Å². The van der Waals surface area contributed by atoms with Crippen LogP contribution in [0.25, 0.3) is 10.2 Å². The number of piperidine rings is 1. The van der Waals surface area contributed by atoms with Crippen molar-refractivity contribution in [2.24, 2.45) is 0 Å². The highest BCUT2D eigenvalue weighted by molar-refractivity contribution is 7.21. The van der Waals surface area contributed by atoms with Gasteiger partial charge in [-0.05, 0) is 30.5 Å². The molecule has 10 nitrogen and oxygen atoms in total. The number of benzene rings is 1. The molecule has 4 aromatic rings. The molecular formula is C27H25N7O3S. The van der Waals surface area contributed by atoms with E-state index in [0.29, 0.717) is 51.9 Å². The van der Waals surface area contributed by atoms with Gasteiger partial charge in [0.1, 0.15) is 9.71 Å². The standard InChI is InChI=1S/C27H25N7O3S/c1-2-21(35)32-13-6-9-18(16-32)29-25(36)24-23-22-19(10-12-28-26(22)38-24)34(27(37)30-23)20-11-14-33(31-20)15-17-7-4-3-5-8-17/h2-5,7-8,10-12,14,18H,1,6,9,13,15-16H2,(H,29,36)(H,30,37). The largest absolute Gasteiger partial charge is 0.347 e. The summed E-state index contributed by atoms with van der Waals surface area (Å²) in [6.45, 7) is 5.20. The van der Waals surface area contributed by atoms with Crippen LogP contribution in [0.2, 0.25) is 0 Å². The molecule has 1 saturated heterocycles. The topological polar surface area (TPSA) is 112 Å². The minimum Gasteiger partial charge on any atom is -0.347 e. The Labute approximate surface area is 222 Å². The maximum Gasteiger partial charge on any atom is 0.332 e. The average molecular weight is 528 g/mol. The van der Waals surface area contributed by atoms with Crippen LogP contribution in [0.5, 0.6) is 0 Å². The Kier molecular flexibility index (Phi) is 6.12. The van der Waals surface area contributed by atoms with E-state index in [1.54, 1.807) is 27.9 Å². The third kappa shape index (κ3) is 4.30. The third-order valence-electron chi connectivity index (χ3n) is 6.74. The molecule has 11 heteroatoms. The number of urea groups is 1. The van der Waals surface area contributed by atoms with E-state index < -0.39 is 6.03 Å². The van der Waals surface area contributed by atoms with E-state index in [-0.39, 0.29) is 17.9 Å². The zero-order valence-corrected chi connectivity index (χ0v) is 21.3. The first kappa shape index (κ1) is 23.9. The van der Waals surface area contributed by atoms with Crippen molar-refractivity contribution in [2.45, 2.75) is 25.4 Å². The predicted molar refractivity (Wildman–Crippen MR) is 146 cm³/mol. The lowest BCUT2D eigenvalue weighted by Gasteiger charge is -2.32. The summed E-state index contributed by atoms with van der Waals surface area (Å²) < 4.78 is 1.78. The Morgan fingerprint density at radius 2 is 2.05 bits per heavy atom. The van der Waals surface area contributed by atoms with Gasteiger partial charge in [-0.1, -0.05) is 36.9 Å². The first-order valence-corrected chi connectivity index (χ1v) is 13.2. The summed E-state index contributed by atoms with van der Waals surface area (Å²) in [6.07, 6.45) is 6.31. The maximum absolute atomic E-state index is 13.3. The van der Waals surface area contributed by atoms with Crippen molar-refractivity contribution in [1.29, 1.82) is 0 Å². The second-order valence-electron chi connectivity index (χ2n) is 9.24. The molecule has 0 bridgehead atoms. The lowest BCUT2D eigenvalue weighted by atomic mass is 10.1. The van der Waals surface area contributed by atoms with Crippen LogP contribution in [0.1, 0.15) is 28.1 Å². The Bertz CT molecular complexity index is 1560. The number of nitrogens with zero attached hydrogens (tertiary/aromatic N) is 5. The van der Waals surface area contributed by atoms with E-state index in [4.69, 9.17) is 0 Å². The monoisotopic (exact) mass is 527 g/mol. The van der Waals surface area contributed by atoms with Gasteiger partial charge in [0, 0.05) is 37.6 Å². The Morgan fingerprint density at radius 3 is 2.87 bits per heavy atom. The van der Waals surface area contributed by atoms with Crippen molar-refractivity contribution >= 4 is 56.6 Å². The van der Waals surface area contributed by atoms with E-state index in [2.05, 4.69) is 27.3 Å². The Balaban J connectivity index is 1.28. The molecule has 1 unspecified atom stereocenters. The third-order valence-corrected chi connectivity index (χ3v) is 7.83. The molecule has 1 aromatic carbocycles. The minimum atomic E-state index is -0.400. The van der Waals surface area contributed by atoms with E-state index >= 15 is 0 Å². The number of hydrogen-bond acceptors (Lipinski definition) is 6. The second kappa shape index (κ2) is 9.75. The molecular weight excluding hydrogens is 502 g/mol. The molecule has 192 valence electrons. The van der Waals surface area contributed by atoms with Crippen LogP contribution in [0, 0.1) is 0 Å². The summed E-state index contributed by atoms with van der Waals surface area (Å²) >= 11 is 1.23. The Morgan fingerprint density at radius 1 is 1.21 bits per heavy atom. The van der Waals surface area contributed by atoms with Crippen molar-refractivity contribution in [3.63, 3.8) is 0 Å². The number of anilines is 3. The second-order valence-corrected chi connectivity index (χ2v) is 10.2. The van der Waals surface area contributed by atoms with Gasteiger partial charge in [-0.15, -0.1) is 11.3 Å². The van der Waals surface area contributed by atoms with E-state index in [0.717, 1.165) is 18.4 Å².